The molecule has 1 aliphatic carbocycles. The molecule has 2 aliphatic rings. The van der Waals surface area contributed by atoms with Gasteiger partial charge in [0.15, 0.2) is 11.5 Å². The van der Waals surface area contributed by atoms with Crippen molar-refractivity contribution in [2.75, 3.05) is 6.79 Å². The third kappa shape index (κ3) is 3.65. The van der Waals surface area contributed by atoms with Crippen LogP contribution in [-0.2, 0) is 16.6 Å². The van der Waals surface area contributed by atoms with E-state index in [2.05, 4.69) is 9.82 Å². The molecule has 0 atom stereocenters. The van der Waals surface area contributed by atoms with Gasteiger partial charge in [0, 0.05) is 12.7 Å². The molecule has 3 aromatic rings. The number of rotatable bonds is 6. The highest BCUT2D eigenvalue weighted by Crippen LogP contribution is 2.35. The Morgan fingerprint density at radius 2 is 2.00 bits per heavy atom. The minimum Gasteiger partial charge on any atom is -0.454 e. The zero-order valence-corrected chi connectivity index (χ0v) is 17.3. The fraction of sp³-hybridized carbons (Fsp3) is 0.350. The van der Waals surface area contributed by atoms with Crippen molar-refractivity contribution in [3.05, 3.63) is 47.5 Å². The Labute approximate surface area is 173 Å². The molecule has 9 heteroatoms. The molecule has 2 aromatic heterocycles. The number of sulfonamides is 1. The monoisotopic (exact) mass is 431 g/mol. The lowest BCUT2D eigenvalue weighted by atomic mass is 10.2. The third-order valence-electron chi connectivity index (χ3n) is 5.34. The summed E-state index contributed by atoms with van der Waals surface area (Å²) in [4.78, 5) is 1.08. The van der Waals surface area contributed by atoms with E-state index in [0.29, 0.717) is 17.2 Å². The van der Waals surface area contributed by atoms with Gasteiger partial charge >= 0.3 is 0 Å². The lowest BCUT2D eigenvalue weighted by molar-refractivity contribution is 0.174. The van der Waals surface area contributed by atoms with Crippen molar-refractivity contribution >= 4 is 21.4 Å². The smallest absolute Gasteiger partial charge is 0.244 e. The van der Waals surface area contributed by atoms with E-state index in [9.17, 15) is 8.42 Å². The number of ether oxygens (including phenoxy) is 2. The average molecular weight is 432 g/mol. The predicted octanol–water partition coefficient (Wildman–Crippen LogP) is 3.93. The topological polar surface area (TPSA) is 82.5 Å². The van der Waals surface area contributed by atoms with Crippen LogP contribution < -0.4 is 14.2 Å². The van der Waals surface area contributed by atoms with Crippen LogP contribution in [0.2, 0.25) is 0 Å². The van der Waals surface area contributed by atoms with E-state index in [1.165, 1.54) is 11.3 Å². The van der Waals surface area contributed by atoms with Crippen LogP contribution in [0.5, 0.6) is 11.5 Å². The normalized spacial score (nSPS) is 16.6. The minimum absolute atomic E-state index is 0.164. The Morgan fingerprint density at radius 1 is 1.17 bits per heavy atom. The van der Waals surface area contributed by atoms with E-state index in [4.69, 9.17) is 9.47 Å². The number of thiophene rings is 1. The first kappa shape index (κ1) is 18.7. The third-order valence-corrected chi connectivity index (χ3v) is 7.62. The van der Waals surface area contributed by atoms with Crippen LogP contribution in [0.15, 0.2) is 46.8 Å². The molecule has 29 heavy (non-hydrogen) atoms. The standard InChI is InChI=1S/C20H21N3O4S2/c24-29(25,21-11-14-7-8-16-17(10-14)27-13-26-16)19-12-23(15-4-1-2-5-15)22-20(19)18-6-3-9-28-18/h3,6-10,12,15,21H,1-2,4-5,11,13H2. The summed E-state index contributed by atoms with van der Waals surface area (Å²) in [6, 6.07) is 9.51. The minimum atomic E-state index is -3.74. The summed E-state index contributed by atoms with van der Waals surface area (Å²) in [5.74, 6) is 1.31. The number of nitrogens with one attached hydrogen (secondary N) is 1. The molecular weight excluding hydrogens is 410 g/mol. The molecule has 1 saturated carbocycles. The number of fused-ring (bicyclic) bond motifs is 1. The van der Waals surface area contributed by atoms with Gasteiger partial charge in [-0.05, 0) is 42.0 Å². The highest BCUT2D eigenvalue weighted by Gasteiger charge is 2.27. The largest absolute Gasteiger partial charge is 0.454 e. The van der Waals surface area contributed by atoms with E-state index < -0.39 is 10.0 Å². The maximum Gasteiger partial charge on any atom is 0.244 e. The molecule has 1 aromatic carbocycles. The Hall–Kier alpha value is -2.36. The summed E-state index contributed by atoms with van der Waals surface area (Å²) in [5.41, 5.74) is 1.32. The molecule has 5 rings (SSSR count). The predicted molar refractivity (Wildman–Crippen MR) is 110 cm³/mol. The van der Waals surface area contributed by atoms with Gasteiger partial charge in [-0.25, -0.2) is 13.1 Å². The van der Waals surface area contributed by atoms with Gasteiger partial charge in [-0.1, -0.05) is 25.0 Å². The number of benzene rings is 1. The quantitative estimate of drug-likeness (QED) is 0.639. The van der Waals surface area contributed by atoms with E-state index in [1.54, 1.807) is 18.3 Å². The van der Waals surface area contributed by atoms with E-state index in [0.717, 1.165) is 36.1 Å². The fourth-order valence-corrected chi connectivity index (χ4v) is 5.77. The van der Waals surface area contributed by atoms with Crippen molar-refractivity contribution in [1.29, 1.82) is 0 Å². The van der Waals surface area contributed by atoms with Crippen molar-refractivity contribution < 1.29 is 17.9 Å². The zero-order chi connectivity index (χ0) is 19.8. The maximum atomic E-state index is 13.2. The molecular formula is C20H21N3O4S2. The Bertz CT molecular complexity index is 1120. The molecule has 152 valence electrons. The molecule has 1 aliphatic heterocycles. The molecule has 0 saturated heterocycles. The van der Waals surface area contributed by atoms with Crippen LogP contribution in [0.25, 0.3) is 10.6 Å². The van der Waals surface area contributed by atoms with Gasteiger partial charge in [-0.2, -0.15) is 5.10 Å². The number of hydrogen-bond acceptors (Lipinski definition) is 6. The molecule has 0 radical (unpaired) electrons. The lowest BCUT2D eigenvalue weighted by Gasteiger charge is -2.08. The van der Waals surface area contributed by atoms with Gasteiger partial charge in [-0.3, -0.25) is 4.68 Å². The van der Waals surface area contributed by atoms with Gasteiger partial charge < -0.3 is 9.47 Å². The van der Waals surface area contributed by atoms with Gasteiger partial charge in [0.1, 0.15) is 10.6 Å². The Kier molecular flexibility index (Phi) is 4.81. The highest BCUT2D eigenvalue weighted by atomic mass is 32.2. The Balaban J connectivity index is 1.43. The van der Waals surface area contributed by atoms with E-state index >= 15 is 0 Å². The maximum absolute atomic E-state index is 13.2. The van der Waals surface area contributed by atoms with Crippen LogP contribution in [0.1, 0.15) is 37.3 Å². The van der Waals surface area contributed by atoms with Gasteiger partial charge in [0.05, 0.1) is 10.9 Å². The van der Waals surface area contributed by atoms with Crippen molar-refractivity contribution in [3.8, 4) is 22.1 Å². The first-order chi connectivity index (χ1) is 14.1. The second kappa shape index (κ2) is 7.47. The van der Waals surface area contributed by atoms with Crippen molar-refractivity contribution in [2.24, 2.45) is 0 Å². The summed E-state index contributed by atoms with van der Waals surface area (Å²) < 4.78 is 41.6. The van der Waals surface area contributed by atoms with E-state index in [1.807, 2.05) is 28.3 Å². The first-order valence-corrected chi connectivity index (χ1v) is 12.0. The molecule has 7 nitrogen and oxygen atoms in total. The average Bonchev–Trinajstić information content (AvgIpc) is 3.51. The molecule has 0 unspecified atom stereocenters. The van der Waals surface area contributed by atoms with Crippen LogP contribution in [0.3, 0.4) is 0 Å². The number of hydrogen-bond donors (Lipinski definition) is 1. The first-order valence-electron chi connectivity index (χ1n) is 9.61. The van der Waals surface area contributed by atoms with Crippen LogP contribution in [0, 0.1) is 0 Å². The molecule has 3 heterocycles. The number of nitrogens with zero attached hydrogens (tertiary/aromatic N) is 2. The van der Waals surface area contributed by atoms with Crippen molar-refractivity contribution in [3.63, 3.8) is 0 Å². The summed E-state index contributed by atoms with van der Waals surface area (Å²) in [6.45, 7) is 0.354. The van der Waals surface area contributed by atoms with Gasteiger partial charge in [-0.15, -0.1) is 11.3 Å². The van der Waals surface area contributed by atoms with Gasteiger partial charge in [0.25, 0.3) is 0 Å². The van der Waals surface area contributed by atoms with Crippen molar-refractivity contribution in [1.82, 2.24) is 14.5 Å². The fourth-order valence-electron chi connectivity index (χ4n) is 3.82. The SMILES string of the molecule is O=S(=O)(NCc1ccc2c(c1)OCO2)c1cn(C2CCCC2)nc1-c1cccs1. The van der Waals surface area contributed by atoms with Crippen LogP contribution in [-0.4, -0.2) is 25.0 Å². The highest BCUT2D eigenvalue weighted by molar-refractivity contribution is 7.89. The molecule has 1 fully saturated rings. The summed E-state index contributed by atoms with van der Waals surface area (Å²) in [5, 5.41) is 6.61. The van der Waals surface area contributed by atoms with Crippen LogP contribution in [0.4, 0.5) is 0 Å². The van der Waals surface area contributed by atoms with Gasteiger partial charge in [0.2, 0.25) is 16.8 Å². The second-order valence-electron chi connectivity index (χ2n) is 7.25. The molecule has 0 spiro atoms. The molecule has 0 amide bonds. The second-order valence-corrected chi connectivity index (χ2v) is 9.93. The molecule has 1 N–H and O–H groups in total. The number of aromatic nitrogens is 2. The van der Waals surface area contributed by atoms with Crippen LogP contribution >= 0.6 is 11.3 Å². The van der Waals surface area contributed by atoms with Crippen molar-refractivity contribution in [2.45, 2.75) is 43.2 Å². The molecule has 0 bridgehead atoms. The summed E-state index contributed by atoms with van der Waals surface area (Å²) in [7, 11) is -3.74. The zero-order valence-electron chi connectivity index (χ0n) is 15.7. The Morgan fingerprint density at radius 3 is 2.79 bits per heavy atom. The summed E-state index contributed by atoms with van der Waals surface area (Å²) in [6.07, 6.45) is 6.07. The lowest BCUT2D eigenvalue weighted by Crippen LogP contribution is -2.23. The van der Waals surface area contributed by atoms with E-state index in [-0.39, 0.29) is 24.3 Å². The summed E-state index contributed by atoms with van der Waals surface area (Å²) >= 11 is 1.49.